The molecular formula is C26H17NO6. The molecule has 1 N–H and O–H groups in total. The Hall–Kier alpha value is -4.52. The Morgan fingerprint density at radius 3 is 2.18 bits per heavy atom. The first-order chi connectivity index (χ1) is 15.9. The Morgan fingerprint density at radius 1 is 0.818 bits per heavy atom. The molecule has 1 unspecified atom stereocenters. The normalized spacial score (nSPS) is 13.2. The van der Waals surface area contributed by atoms with E-state index in [-0.39, 0.29) is 28.5 Å². The van der Waals surface area contributed by atoms with Crippen LogP contribution in [0, 0.1) is 0 Å². The van der Waals surface area contributed by atoms with Gasteiger partial charge in [-0.15, -0.1) is 0 Å². The number of rotatable bonds is 4. The molecule has 3 aromatic carbocycles. The van der Waals surface area contributed by atoms with Crippen molar-refractivity contribution in [2.45, 2.75) is 13.0 Å². The molecule has 5 rings (SSSR count). The van der Waals surface area contributed by atoms with E-state index >= 15 is 0 Å². The minimum atomic E-state index is -1.13. The zero-order valence-corrected chi connectivity index (χ0v) is 17.5. The van der Waals surface area contributed by atoms with Crippen LogP contribution >= 0.6 is 0 Å². The fourth-order valence-corrected chi connectivity index (χ4v) is 3.78. The van der Waals surface area contributed by atoms with Gasteiger partial charge in [0.25, 0.3) is 5.91 Å². The van der Waals surface area contributed by atoms with E-state index in [0.29, 0.717) is 22.4 Å². The first kappa shape index (κ1) is 20.4. The van der Waals surface area contributed by atoms with Gasteiger partial charge in [-0.3, -0.25) is 14.4 Å². The molecule has 1 aromatic heterocycles. The van der Waals surface area contributed by atoms with E-state index < -0.39 is 18.0 Å². The summed E-state index contributed by atoms with van der Waals surface area (Å²) in [6.07, 6.45) is -1.13. The topological polar surface area (TPSA) is 103 Å². The summed E-state index contributed by atoms with van der Waals surface area (Å²) in [4.78, 5) is 50.6. The summed E-state index contributed by atoms with van der Waals surface area (Å²) in [6.45, 7) is 1.43. The molecule has 1 aliphatic carbocycles. The quantitative estimate of drug-likeness (QED) is 0.417. The summed E-state index contributed by atoms with van der Waals surface area (Å²) < 4.78 is 10.7. The SMILES string of the molecule is CC(OC(=O)c1cc2ccccc2o1)C(=O)Nc1ccc2c(c1)C(=O)c1ccccc1C2=O. The van der Waals surface area contributed by atoms with Crippen molar-refractivity contribution >= 4 is 40.1 Å². The van der Waals surface area contributed by atoms with E-state index in [1.807, 2.05) is 6.07 Å². The molecule has 4 aromatic rings. The number of esters is 1. The van der Waals surface area contributed by atoms with Crippen LogP contribution in [0.4, 0.5) is 5.69 Å². The Balaban J connectivity index is 1.31. The van der Waals surface area contributed by atoms with Crippen LogP contribution in [0.15, 0.2) is 77.2 Å². The molecule has 0 aliphatic heterocycles. The van der Waals surface area contributed by atoms with Gasteiger partial charge in [-0.1, -0.05) is 42.5 Å². The number of furan rings is 1. The summed E-state index contributed by atoms with van der Waals surface area (Å²) >= 11 is 0. The van der Waals surface area contributed by atoms with Crippen molar-refractivity contribution in [3.8, 4) is 0 Å². The fourth-order valence-electron chi connectivity index (χ4n) is 3.78. The van der Waals surface area contributed by atoms with Gasteiger partial charge in [0.1, 0.15) is 5.58 Å². The van der Waals surface area contributed by atoms with E-state index in [4.69, 9.17) is 9.15 Å². The van der Waals surface area contributed by atoms with E-state index in [0.717, 1.165) is 5.39 Å². The smallest absolute Gasteiger partial charge is 0.375 e. The number of hydrogen-bond donors (Lipinski definition) is 1. The van der Waals surface area contributed by atoms with Crippen molar-refractivity contribution in [3.63, 3.8) is 0 Å². The standard InChI is InChI=1S/C26H17NO6/c1-14(32-26(31)22-12-15-6-2-5-9-21(15)33-22)25(30)27-16-10-11-19-20(13-16)24(29)18-8-4-3-7-17(18)23(19)28/h2-14H,1H3,(H,27,30). The molecule has 0 fully saturated rings. The van der Waals surface area contributed by atoms with Crippen LogP contribution in [0.5, 0.6) is 0 Å². The summed E-state index contributed by atoms with van der Waals surface area (Å²) in [5, 5.41) is 3.37. The van der Waals surface area contributed by atoms with Crippen molar-refractivity contribution in [1.29, 1.82) is 0 Å². The molecular weight excluding hydrogens is 422 g/mol. The predicted molar refractivity (Wildman–Crippen MR) is 119 cm³/mol. The molecule has 0 spiro atoms. The highest BCUT2D eigenvalue weighted by molar-refractivity contribution is 6.28. The van der Waals surface area contributed by atoms with Crippen LogP contribution in [0.25, 0.3) is 11.0 Å². The number of nitrogens with one attached hydrogen (secondary N) is 1. The number of anilines is 1. The molecule has 7 nitrogen and oxygen atoms in total. The minimum absolute atomic E-state index is 0.00703. The number of para-hydroxylation sites is 1. The zero-order valence-electron chi connectivity index (χ0n) is 17.5. The number of carbonyl (C=O) groups is 4. The highest BCUT2D eigenvalue weighted by Gasteiger charge is 2.30. The molecule has 162 valence electrons. The van der Waals surface area contributed by atoms with Gasteiger partial charge in [-0.2, -0.15) is 0 Å². The molecule has 0 bridgehead atoms. The van der Waals surface area contributed by atoms with E-state index in [1.54, 1.807) is 48.5 Å². The molecule has 0 radical (unpaired) electrons. The third-order valence-corrected chi connectivity index (χ3v) is 5.47. The summed E-state index contributed by atoms with van der Waals surface area (Å²) in [5.41, 5.74) is 2.02. The van der Waals surface area contributed by atoms with Crippen molar-refractivity contribution in [2.24, 2.45) is 0 Å². The average Bonchev–Trinajstić information content (AvgIpc) is 3.27. The van der Waals surface area contributed by atoms with Gasteiger partial charge in [0.2, 0.25) is 5.76 Å². The van der Waals surface area contributed by atoms with Gasteiger partial charge in [0.15, 0.2) is 17.7 Å². The lowest BCUT2D eigenvalue weighted by molar-refractivity contribution is -0.123. The summed E-state index contributed by atoms with van der Waals surface area (Å²) in [6, 6.07) is 19.8. The second-order valence-electron chi connectivity index (χ2n) is 7.65. The van der Waals surface area contributed by atoms with Gasteiger partial charge in [-0.25, -0.2) is 4.79 Å². The second kappa shape index (κ2) is 7.87. The molecule has 0 saturated carbocycles. The van der Waals surface area contributed by atoms with Crippen LogP contribution in [-0.2, 0) is 9.53 Å². The minimum Gasteiger partial charge on any atom is -0.449 e. The maximum Gasteiger partial charge on any atom is 0.375 e. The molecule has 1 heterocycles. The van der Waals surface area contributed by atoms with E-state index in [1.165, 1.54) is 25.1 Å². The van der Waals surface area contributed by atoms with Crippen molar-refractivity contribution in [2.75, 3.05) is 5.32 Å². The molecule has 7 heteroatoms. The largest absolute Gasteiger partial charge is 0.449 e. The monoisotopic (exact) mass is 439 g/mol. The van der Waals surface area contributed by atoms with Crippen molar-refractivity contribution < 1.29 is 28.3 Å². The van der Waals surface area contributed by atoms with Crippen molar-refractivity contribution in [3.05, 3.63) is 101 Å². The number of amides is 1. The Bertz CT molecular complexity index is 1430. The van der Waals surface area contributed by atoms with Crippen LogP contribution in [0.3, 0.4) is 0 Å². The highest BCUT2D eigenvalue weighted by Crippen LogP contribution is 2.29. The first-order valence-electron chi connectivity index (χ1n) is 10.3. The Labute approximate surface area is 188 Å². The van der Waals surface area contributed by atoms with Crippen molar-refractivity contribution in [1.82, 2.24) is 0 Å². The number of hydrogen-bond acceptors (Lipinski definition) is 6. The average molecular weight is 439 g/mol. The zero-order chi connectivity index (χ0) is 23.1. The molecule has 0 saturated heterocycles. The lowest BCUT2D eigenvalue weighted by Gasteiger charge is -2.18. The maximum absolute atomic E-state index is 12.9. The van der Waals surface area contributed by atoms with Crippen LogP contribution in [-0.4, -0.2) is 29.5 Å². The third kappa shape index (κ3) is 3.59. The van der Waals surface area contributed by atoms with Gasteiger partial charge in [0, 0.05) is 33.3 Å². The first-order valence-corrected chi connectivity index (χ1v) is 10.3. The third-order valence-electron chi connectivity index (χ3n) is 5.47. The maximum atomic E-state index is 12.9. The summed E-state index contributed by atoms with van der Waals surface area (Å²) in [7, 11) is 0. The fraction of sp³-hybridized carbons (Fsp3) is 0.0769. The molecule has 1 atom stereocenters. The van der Waals surface area contributed by atoms with E-state index in [9.17, 15) is 19.2 Å². The van der Waals surface area contributed by atoms with Gasteiger partial charge in [0.05, 0.1) is 0 Å². The number of carbonyl (C=O) groups excluding carboxylic acids is 4. The van der Waals surface area contributed by atoms with Gasteiger partial charge < -0.3 is 14.5 Å². The number of fused-ring (bicyclic) bond motifs is 3. The predicted octanol–water partition coefficient (Wildman–Crippen LogP) is 4.39. The molecule has 33 heavy (non-hydrogen) atoms. The van der Waals surface area contributed by atoms with Crippen LogP contribution in [0.1, 0.15) is 49.3 Å². The molecule has 1 amide bonds. The number of benzene rings is 3. The Kier molecular flexibility index (Phi) is 4.86. The lowest BCUT2D eigenvalue weighted by Crippen LogP contribution is -2.30. The van der Waals surface area contributed by atoms with Crippen LogP contribution < -0.4 is 5.32 Å². The Morgan fingerprint density at radius 2 is 1.45 bits per heavy atom. The second-order valence-corrected chi connectivity index (χ2v) is 7.65. The highest BCUT2D eigenvalue weighted by atomic mass is 16.6. The number of ether oxygens (including phenoxy) is 1. The number of ketones is 2. The van der Waals surface area contributed by atoms with E-state index in [2.05, 4.69) is 5.32 Å². The lowest BCUT2D eigenvalue weighted by atomic mass is 9.84. The van der Waals surface area contributed by atoms with Crippen LogP contribution in [0.2, 0.25) is 0 Å². The molecule has 1 aliphatic rings. The van der Waals surface area contributed by atoms with Gasteiger partial charge in [-0.05, 0) is 37.3 Å². The summed E-state index contributed by atoms with van der Waals surface area (Å²) in [5.74, 6) is -1.90. The van der Waals surface area contributed by atoms with Gasteiger partial charge >= 0.3 is 5.97 Å².